The van der Waals surface area contributed by atoms with Crippen LogP contribution in [0.25, 0.3) is 0 Å². The highest BCUT2D eigenvalue weighted by Crippen LogP contribution is 2.41. The average Bonchev–Trinajstić information content (AvgIpc) is 2.82. The van der Waals surface area contributed by atoms with Gasteiger partial charge in [0.25, 0.3) is 0 Å². The highest BCUT2D eigenvalue weighted by Gasteiger charge is 2.30. The molecule has 1 aliphatic rings. The predicted octanol–water partition coefficient (Wildman–Crippen LogP) is 2.72. The van der Waals surface area contributed by atoms with Gasteiger partial charge in [-0.25, -0.2) is 0 Å². The maximum Gasteiger partial charge on any atom is 0.0418 e. The first-order valence-electron chi connectivity index (χ1n) is 4.65. The van der Waals surface area contributed by atoms with Crippen molar-refractivity contribution in [2.75, 3.05) is 0 Å². The quantitative estimate of drug-likeness (QED) is 0.762. The summed E-state index contributed by atoms with van der Waals surface area (Å²) in [5.41, 5.74) is 6.08. The SMILES string of the molecule is CCc1ccc(C(N)C2CC2)s1. The second kappa shape index (κ2) is 3.19. The van der Waals surface area contributed by atoms with E-state index in [2.05, 4.69) is 19.1 Å². The molecule has 2 rings (SSSR count). The minimum absolute atomic E-state index is 0.329. The van der Waals surface area contributed by atoms with E-state index in [1.54, 1.807) is 0 Å². The van der Waals surface area contributed by atoms with Crippen molar-refractivity contribution in [1.29, 1.82) is 0 Å². The number of thiophene rings is 1. The largest absolute Gasteiger partial charge is 0.323 e. The van der Waals surface area contributed by atoms with Gasteiger partial charge in [0.15, 0.2) is 0 Å². The van der Waals surface area contributed by atoms with Gasteiger partial charge in [-0.3, -0.25) is 0 Å². The molecular formula is C10H15NS. The molecule has 2 heteroatoms. The third kappa shape index (κ3) is 1.54. The van der Waals surface area contributed by atoms with Gasteiger partial charge in [0.1, 0.15) is 0 Å². The standard InChI is InChI=1S/C10H15NS/c1-2-8-5-6-9(12-8)10(11)7-3-4-7/h5-7,10H,2-4,11H2,1H3. The molecule has 1 aromatic heterocycles. The van der Waals surface area contributed by atoms with Crippen molar-refractivity contribution in [2.45, 2.75) is 32.2 Å². The lowest BCUT2D eigenvalue weighted by Crippen LogP contribution is -2.10. The Hall–Kier alpha value is -0.340. The Balaban J connectivity index is 2.10. The fraction of sp³-hybridized carbons (Fsp3) is 0.600. The van der Waals surface area contributed by atoms with Crippen molar-refractivity contribution in [2.24, 2.45) is 11.7 Å². The van der Waals surface area contributed by atoms with E-state index in [1.165, 1.54) is 22.6 Å². The van der Waals surface area contributed by atoms with E-state index in [-0.39, 0.29) is 0 Å². The first-order valence-corrected chi connectivity index (χ1v) is 5.47. The topological polar surface area (TPSA) is 26.0 Å². The third-order valence-electron chi connectivity index (χ3n) is 2.49. The molecule has 1 fully saturated rings. The average molecular weight is 181 g/mol. The monoisotopic (exact) mass is 181 g/mol. The molecular weight excluding hydrogens is 166 g/mol. The van der Waals surface area contributed by atoms with Crippen molar-refractivity contribution >= 4 is 11.3 Å². The summed E-state index contributed by atoms with van der Waals surface area (Å²) < 4.78 is 0. The molecule has 1 saturated carbocycles. The molecule has 1 aliphatic carbocycles. The zero-order valence-electron chi connectivity index (χ0n) is 7.42. The minimum Gasteiger partial charge on any atom is -0.323 e. The number of nitrogens with two attached hydrogens (primary N) is 1. The number of hydrogen-bond acceptors (Lipinski definition) is 2. The van der Waals surface area contributed by atoms with E-state index in [9.17, 15) is 0 Å². The van der Waals surface area contributed by atoms with Gasteiger partial charge in [-0.15, -0.1) is 11.3 Å². The van der Waals surface area contributed by atoms with Crippen LogP contribution in [0, 0.1) is 5.92 Å². The Morgan fingerprint density at radius 1 is 1.58 bits per heavy atom. The smallest absolute Gasteiger partial charge is 0.0418 e. The molecule has 0 aliphatic heterocycles. The fourth-order valence-electron chi connectivity index (χ4n) is 1.45. The van der Waals surface area contributed by atoms with E-state index in [0.717, 1.165) is 12.3 Å². The summed E-state index contributed by atoms with van der Waals surface area (Å²) >= 11 is 1.88. The predicted molar refractivity (Wildman–Crippen MR) is 53.3 cm³/mol. The van der Waals surface area contributed by atoms with Crippen LogP contribution in [-0.2, 0) is 6.42 Å². The van der Waals surface area contributed by atoms with Crippen molar-refractivity contribution in [1.82, 2.24) is 0 Å². The maximum atomic E-state index is 6.08. The summed E-state index contributed by atoms with van der Waals surface area (Å²) in [5.74, 6) is 0.786. The minimum atomic E-state index is 0.329. The molecule has 12 heavy (non-hydrogen) atoms. The summed E-state index contributed by atoms with van der Waals surface area (Å²) in [6.45, 7) is 2.19. The summed E-state index contributed by atoms with van der Waals surface area (Å²) in [6, 6.07) is 4.74. The van der Waals surface area contributed by atoms with Crippen LogP contribution in [0.3, 0.4) is 0 Å². The van der Waals surface area contributed by atoms with Crippen molar-refractivity contribution in [3.8, 4) is 0 Å². The van der Waals surface area contributed by atoms with E-state index < -0.39 is 0 Å². The lowest BCUT2D eigenvalue weighted by atomic mass is 10.2. The lowest BCUT2D eigenvalue weighted by Gasteiger charge is -2.05. The molecule has 1 heterocycles. The van der Waals surface area contributed by atoms with Gasteiger partial charge in [0.2, 0.25) is 0 Å². The maximum absolute atomic E-state index is 6.08. The lowest BCUT2D eigenvalue weighted by molar-refractivity contribution is 0.645. The van der Waals surface area contributed by atoms with Crippen molar-refractivity contribution < 1.29 is 0 Å². The Bertz CT molecular complexity index is 263. The summed E-state index contributed by atoms with van der Waals surface area (Å²) in [4.78, 5) is 2.84. The van der Waals surface area contributed by atoms with Crippen LogP contribution in [0.2, 0.25) is 0 Å². The molecule has 2 N–H and O–H groups in total. The van der Waals surface area contributed by atoms with Crippen LogP contribution in [0.4, 0.5) is 0 Å². The highest BCUT2D eigenvalue weighted by molar-refractivity contribution is 7.12. The first-order chi connectivity index (χ1) is 5.81. The van der Waals surface area contributed by atoms with E-state index in [4.69, 9.17) is 5.73 Å². The van der Waals surface area contributed by atoms with Crippen LogP contribution >= 0.6 is 11.3 Å². The number of rotatable bonds is 3. The zero-order chi connectivity index (χ0) is 8.55. The van der Waals surface area contributed by atoms with Gasteiger partial charge >= 0.3 is 0 Å². The molecule has 1 unspecified atom stereocenters. The summed E-state index contributed by atoms with van der Waals surface area (Å²) in [6.07, 6.45) is 3.81. The first kappa shape index (κ1) is 8.27. The van der Waals surface area contributed by atoms with Gasteiger partial charge in [-0.2, -0.15) is 0 Å². The molecule has 0 radical (unpaired) electrons. The molecule has 0 bridgehead atoms. The Morgan fingerprint density at radius 2 is 2.33 bits per heavy atom. The van der Waals surface area contributed by atoms with E-state index in [0.29, 0.717) is 6.04 Å². The molecule has 0 amide bonds. The second-order valence-electron chi connectivity index (χ2n) is 3.52. The molecule has 1 aromatic rings. The molecule has 0 saturated heterocycles. The third-order valence-corrected chi connectivity index (χ3v) is 3.82. The van der Waals surface area contributed by atoms with Gasteiger partial charge < -0.3 is 5.73 Å². The number of aryl methyl sites for hydroxylation is 1. The Labute approximate surface area is 77.6 Å². The van der Waals surface area contributed by atoms with Gasteiger partial charge in [0, 0.05) is 15.8 Å². The summed E-state index contributed by atoms with van der Waals surface area (Å²) in [5, 5.41) is 0. The zero-order valence-corrected chi connectivity index (χ0v) is 8.23. The van der Waals surface area contributed by atoms with Crippen LogP contribution in [0.5, 0.6) is 0 Å². The van der Waals surface area contributed by atoms with Crippen LogP contribution in [-0.4, -0.2) is 0 Å². The van der Waals surface area contributed by atoms with Gasteiger partial charge in [-0.1, -0.05) is 6.92 Å². The molecule has 0 aromatic carbocycles. The molecule has 66 valence electrons. The van der Waals surface area contributed by atoms with E-state index >= 15 is 0 Å². The normalized spacial score (nSPS) is 19.5. The number of hydrogen-bond donors (Lipinski definition) is 1. The molecule has 0 spiro atoms. The Morgan fingerprint density at radius 3 is 2.83 bits per heavy atom. The van der Waals surface area contributed by atoms with E-state index in [1.807, 2.05) is 11.3 Å². The Kier molecular flexibility index (Phi) is 2.20. The molecule has 1 nitrogen and oxygen atoms in total. The van der Waals surface area contributed by atoms with Crippen molar-refractivity contribution in [3.63, 3.8) is 0 Å². The van der Waals surface area contributed by atoms with Gasteiger partial charge in [0.05, 0.1) is 0 Å². The van der Waals surface area contributed by atoms with Crippen molar-refractivity contribution in [3.05, 3.63) is 21.9 Å². The summed E-state index contributed by atoms with van der Waals surface area (Å²) in [7, 11) is 0. The second-order valence-corrected chi connectivity index (χ2v) is 4.72. The fourth-order valence-corrected chi connectivity index (χ4v) is 2.50. The van der Waals surface area contributed by atoms with Crippen LogP contribution in [0.1, 0.15) is 35.6 Å². The molecule has 1 atom stereocenters. The van der Waals surface area contributed by atoms with Gasteiger partial charge in [-0.05, 0) is 37.3 Å². The highest BCUT2D eigenvalue weighted by atomic mass is 32.1. The van der Waals surface area contributed by atoms with Crippen LogP contribution in [0.15, 0.2) is 12.1 Å². The van der Waals surface area contributed by atoms with Crippen LogP contribution < -0.4 is 5.73 Å².